The van der Waals surface area contributed by atoms with Crippen LogP contribution >= 0.6 is 15.9 Å². The van der Waals surface area contributed by atoms with E-state index in [4.69, 9.17) is 0 Å². The zero-order chi connectivity index (χ0) is 20.8. The molecule has 0 saturated carbocycles. The van der Waals surface area contributed by atoms with E-state index in [0.29, 0.717) is 28.2 Å². The highest BCUT2D eigenvalue weighted by Crippen LogP contribution is 2.45. The highest BCUT2D eigenvalue weighted by atomic mass is 79.9. The van der Waals surface area contributed by atoms with Crippen LogP contribution in [0.2, 0.25) is 0 Å². The summed E-state index contributed by atoms with van der Waals surface area (Å²) < 4.78 is 15.9. The Kier molecular flexibility index (Phi) is 4.51. The van der Waals surface area contributed by atoms with Crippen molar-refractivity contribution in [1.29, 1.82) is 0 Å². The zero-order valence-electron chi connectivity index (χ0n) is 16.1. The van der Waals surface area contributed by atoms with Gasteiger partial charge >= 0.3 is 0 Å². The van der Waals surface area contributed by atoms with Gasteiger partial charge in [0.05, 0.1) is 11.7 Å². The summed E-state index contributed by atoms with van der Waals surface area (Å²) in [6.07, 6.45) is 0. The maximum absolute atomic E-state index is 14.9. The number of carbonyl (C=O) groups excluding carboxylic acids is 1. The number of halogens is 2. The molecular weight excluding hydrogens is 445 g/mol. The smallest absolute Gasteiger partial charge is 0.277 e. The first-order valence-corrected chi connectivity index (χ1v) is 10.3. The number of nitrogens with zero attached hydrogens (tertiary/aromatic N) is 2. The molecule has 3 aromatic carbocycles. The Bertz CT molecular complexity index is 1250. The largest absolute Gasteiger partial charge is 0.295 e. The number of nitrogens with one attached hydrogen (secondary N) is 1. The summed E-state index contributed by atoms with van der Waals surface area (Å²) in [5.41, 5.74) is 4.82. The summed E-state index contributed by atoms with van der Waals surface area (Å²) in [6, 6.07) is 21.3. The van der Waals surface area contributed by atoms with Gasteiger partial charge in [0.25, 0.3) is 5.91 Å². The molecule has 2 heterocycles. The Morgan fingerprint density at radius 2 is 1.70 bits per heavy atom. The standard InChI is InChI=1S/C24H17BrFN3O/c1-14-6-12-17(13-7-14)29-23(18-4-2-3-5-19(18)26)20-21(27-28-22(20)24(29)30)15-8-10-16(25)11-9-15/h2-13,23H,1H3,(H,27,28). The van der Waals surface area contributed by atoms with E-state index in [0.717, 1.165) is 15.6 Å². The number of H-pyrrole nitrogens is 1. The van der Waals surface area contributed by atoms with Crippen LogP contribution in [0, 0.1) is 12.7 Å². The Balaban J connectivity index is 1.74. The average Bonchev–Trinajstić information content (AvgIpc) is 3.29. The molecule has 0 fully saturated rings. The number of hydrogen-bond donors (Lipinski definition) is 1. The number of fused-ring (bicyclic) bond motifs is 1. The molecule has 30 heavy (non-hydrogen) atoms. The number of amides is 1. The average molecular weight is 462 g/mol. The van der Waals surface area contributed by atoms with Gasteiger partial charge in [0.15, 0.2) is 0 Å². The molecule has 4 nitrogen and oxygen atoms in total. The van der Waals surface area contributed by atoms with Crippen molar-refractivity contribution in [1.82, 2.24) is 10.2 Å². The Hall–Kier alpha value is -3.25. The molecule has 6 heteroatoms. The number of carbonyl (C=O) groups is 1. The topological polar surface area (TPSA) is 49.0 Å². The highest BCUT2D eigenvalue weighted by Gasteiger charge is 2.44. The van der Waals surface area contributed by atoms with E-state index >= 15 is 0 Å². The van der Waals surface area contributed by atoms with Crippen LogP contribution in [0.5, 0.6) is 0 Å². The first-order chi connectivity index (χ1) is 14.5. The van der Waals surface area contributed by atoms with E-state index in [1.807, 2.05) is 55.5 Å². The lowest BCUT2D eigenvalue weighted by Gasteiger charge is -2.27. The molecule has 4 aromatic rings. The molecule has 1 aliphatic heterocycles. The van der Waals surface area contributed by atoms with Gasteiger partial charge in [0.1, 0.15) is 11.5 Å². The van der Waals surface area contributed by atoms with Crippen molar-refractivity contribution in [3.63, 3.8) is 0 Å². The second-order valence-corrected chi connectivity index (χ2v) is 8.22. The number of aromatic nitrogens is 2. The molecule has 0 saturated heterocycles. The summed E-state index contributed by atoms with van der Waals surface area (Å²) in [6.45, 7) is 1.99. The van der Waals surface area contributed by atoms with Crippen molar-refractivity contribution >= 4 is 27.5 Å². The van der Waals surface area contributed by atoms with Crippen LogP contribution in [0.1, 0.15) is 33.2 Å². The second-order valence-electron chi connectivity index (χ2n) is 7.30. The van der Waals surface area contributed by atoms with E-state index in [-0.39, 0.29) is 11.7 Å². The first-order valence-electron chi connectivity index (χ1n) is 9.53. The van der Waals surface area contributed by atoms with Crippen molar-refractivity contribution in [2.24, 2.45) is 0 Å². The van der Waals surface area contributed by atoms with Gasteiger partial charge < -0.3 is 0 Å². The van der Waals surface area contributed by atoms with E-state index in [1.165, 1.54) is 6.07 Å². The van der Waals surface area contributed by atoms with Crippen LogP contribution in [0.25, 0.3) is 11.3 Å². The summed E-state index contributed by atoms with van der Waals surface area (Å²) in [7, 11) is 0. The lowest BCUT2D eigenvalue weighted by Crippen LogP contribution is -2.29. The van der Waals surface area contributed by atoms with Crippen LogP contribution in [0.4, 0.5) is 10.1 Å². The lowest BCUT2D eigenvalue weighted by molar-refractivity contribution is 0.0988. The second kappa shape index (κ2) is 7.22. The van der Waals surface area contributed by atoms with E-state index < -0.39 is 6.04 Å². The fourth-order valence-corrected chi connectivity index (χ4v) is 4.20. The van der Waals surface area contributed by atoms with Gasteiger partial charge in [-0.2, -0.15) is 5.10 Å². The van der Waals surface area contributed by atoms with E-state index in [2.05, 4.69) is 26.1 Å². The Labute approximate surface area is 181 Å². The van der Waals surface area contributed by atoms with Crippen LogP contribution in [-0.4, -0.2) is 16.1 Å². The summed E-state index contributed by atoms with van der Waals surface area (Å²) in [4.78, 5) is 15.0. The maximum Gasteiger partial charge on any atom is 0.277 e. The molecule has 1 aromatic heterocycles. The van der Waals surface area contributed by atoms with Crippen LogP contribution in [0.3, 0.4) is 0 Å². The third-order valence-corrected chi connectivity index (χ3v) is 5.93. The monoisotopic (exact) mass is 461 g/mol. The maximum atomic E-state index is 14.9. The van der Waals surface area contributed by atoms with Crippen LogP contribution in [-0.2, 0) is 0 Å². The molecule has 0 bridgehead atoms. The van der Waals surface area contributed by atoms with Crippen molar-refractivity contribution in [2.75, 3.05) is 4.90 Å². The van der Waals surface area contributed by atoms with Crippen LogP contribution in [0.15, 0.2) is 77.3 Å². The SMILES string of the molecule is Cc1ccc(N2C(=O)c3[nH]nc(-c4ccc(Br)cc4)c3C2c2ccccc2F)cc1. The molecule has 1 unspecified atom stereocenters. The molecule has 1 atom stereocenters. The van der Waals surface area contributed by atoms with Crippen molar-refractivity contribution in [2.45, 2.75) is 13.0 Å². The van der Waals surface area contributed by atoms with Gasteiger partial charge in [-0.3, -0.25) is 14.8 Å². The predicted molar refractivity (Wildman–Crippen MR) is 118 cm³/mol. The fourth-order valence-electron chi connectivity index (χ4n) is 3.94. The molecule has 1 amide bonds. The minimum absolute atomic E-state index is 0.224. The van der Waals surface area contributed by atoms with Crippen molar-refractivity contribution in [3.8, 4) is 11.3 Å². The molecule has 1 N–H and O–H groups in total. The summed E-state index contributed by atoms with van der Waals surface area (Å²) >= 11 is 3.44. The van der Waals surface area contributed by atoms with E-state index in [9.17, 15) is 9.18 Å². The number of aromatic amines is 1. The van der Waals surface area contributed by atoms with Gasteiger partial charge in [-0.1, -0.05) is 64.0 Å². The number of rotatable bonds is 3. The molecule has 0 radical (unpaired) electrons. The van der Waals surface area contributed by atoms with Gasteiger partial charge in [-0.05, 0) is 37.3 Å². The number of hydrogen-bond acceptors (Lipinski definition) is 2. The van der Waals surface area contributed by atoms with Gasteiger partial charge in [0, 0.05) is 26.9 Å². The Morgan fingerprint density at radius 1 is 1.00 bits per heavy atom. The highest BCUT2D eigenvalue weighted by molar-refractivity contribution is 9.10. The normalized spacial score (nSPS) is 15.5. The number of benzene rings is 3. The summed E-state index contributed by atoms with van der Waals surface area (Å²) in [5, 5.41) is 7.33. The fraction of sp³-hybridized carbons (Fsp3) is 0.0833. The van der Waals surface area contributed by atoms with Gasteiger partial charge in [-0.15, -0.1) is 0 Å². The van der Waals surface area contributed by atoms with Gasteiger partial charge in [0.2, 0.25) is 0 Å². The summed E-state index contributed by atoms with van der Waals surface area (Å²) in [5.74, 6) is -0.582. The third kappa shape index (κ3) is 2.95. The lowest BCUT2D eigenvalue weighted by atomic mass is 9.95. The predicted octanol–water partition coefficient (Wildman–Crippen LogP) is 6.04. The minimum atomic E-state index is -0.617. The molecule has 148 valence electrons. The van der Waals surface area contributed by atoms with Crippen LogP contribution < -0.4 is 4.90 Å². The zero-order valence-corrected chi connectivity index (χ0v) is 17.7. The third-order valence-electron chi connectivity index (χ3n) is 5.40. The molecule has 0 aliphatic carbocycles. The van der Waals surface area contributed by atoms with Crippen molar-refractivity contribution < 1.29 is 9.18 Å². The molecule has 0 spiro atoms. The number of aryl methyl sites for hydroxylation is 1. The molecule has 1 aliphatic rings. The van der Waals surface area contributed by atoms with Gasteiger partial charge in [-0.25, -0.2) is 4.39 Å². The quantitative estimate of drug-likeness (QED) is 0.404. The minimum Gasteiger partial charge on any atom is -0.295 e. The van der Waals surface area contributed by atoms with E-state index in [1.54, 1.807) is 23.1 Å². The first kappa shape index (κ1) is 18.8. The van der Waals surface area contributed by atoms with Crippen molar-refractivity contribution in [3.05, 3.63) is 105 Å². The molecule has 5 rings (SSSR count). The molecular formula is C24H17BrFN3O. The Morgan fingerprint density at radius 3 is 2.40 bits per heavy atom. The number of anilines is 1.